The SMILES string of the molecule is COc1ccc(-c2cc3nc4c(c(=O)n3[nH]2)CN(C(=O)c2ccccc2)CC4)cc1. The molecule has 1 aliphatic rings. The second-order valence-electron chi connectivity index (χ2n) is 7.28. The highest BCUT2D eigenvalue weighted by Crippen LogP contribution is 2.23. The molecule has 4 aromatic rings. The minimum absolute atomic E-state index is 0.0730. The Morgan fingerprint density at radius 1 is 1.10 bits per heavy atom. The molecule has 1 aliphatic heterocycles. The van der Waals surface area contributed by atoms with Crippen molar-refractivity contribution in [1.82, 2.24) is 19.5 Å². The highest BCUT2D eigenvalue weighted by Gasteiger charge is 2.26. The summed E-state index contributed by atoms with van der Waals surface area (Å²) in [6.07, 6.45) is 0.558. The highest BCUT2D eigenvalue weighted by molar-refractivity contribution is 5.94. The molecule has 150 valence electrons. The van der Waals surface area contributed by atoms with Gasteiger partial charge in [-0.1, -0.05) is 18.2 Å². The first-order chi connectivity index (χ1) is 14.6. The summed E-state index contributed by atoms with van der Waals surface area (Å²) in [5, 5.41) is 3.14. The van der Waals surface area contributed by atoms with Crippen molar-refractivity contribution in [2.75, 3.05) is 13.7 Å². The molecule has 2 aromatic heterocycles. The molecule has 0 radical (unpaired) electrons. The first-order valence-corrected chi connectivity index (χ1v) is 9.76. The number of hydrogen-bond donors (Lipinski definition) is 1. The maximum Gasteiger partial charge on any atom is 0.277 e. The molecule has 0 aliphatic carbocycles. The van der Waals surface area contributed by atoms with Crippen LogP contribution < -0.4 is 10.3 Å². The summed E-state index contributed by atoms with van der Waals surface area (Å²) < 4.78 is 6.66. The van der Waals surface area contributed by atoms with E-state index < -0.39 is 0 Å². The van der Waals surface area contributed by atoms with Gasteiger partial charge in [0, 0.05) is 24.6 Å². The number of hydrogen-bond acceptors (Lipinski definition) is 4. The Morgan fingerprint density at radius 2 is 1.87 bits per heavy atom. The zero-order valence-corrected chi connectivity index (χ0v) is 16.5. The third-order valence-electron chi connectivity index (χ3n) is 5.47. The molecule has 0 bridgehead atoms. The van der Waals surface area contributed by atoms with Gasteiger partial charge in [0.15, 0.2) is 5.65 Å². The van der Waals surface area contributed by atoms with E-state index in [2.05, 4.69) is 5.10 Å². The fraction of sp³-hybridized carbons (Fsp3) is 0.174. The smallest absolute Gasteiger partial charge is 0.277 e. The van der Waals surface area contributed by atoms with E-state index in [0.717, 1.165) is 22.7 Å². The van der Waals surface area contributed by atoms with Gasteiger partial charge >= 0.3 is 0 Å². The zero-order chi connectivity index (χ0) is 20.7. The van der Waals surface area contributed by atoms with Crippen LogP contribution in [-0.2, 0) is 13.0 Å². The first kappa shape index (κ1) is 18.2. The molecule has 1 amide bonds. The standard InChI is InChI=1S/C23H20N4O3/c1-30-17-9-7-15(8-10-17)20-13-21-24-19-11-12-26(14-18(19)23(29)27(21)25-20)22(28)16-5-3-2-4-6-16/h2-10,13,25H,11-12,14H2,1H3. The average molecular weight is 400 g/mol. The van der Waals surface area contributed by atoms with E-state index in [4.69, 9.17) is 9.72 Å². The normalized spacial score (nSPS) is 13.3. The second-order valence-corrected chi connectivity index (χ2v) is 7.28. The van der Waals surface area contributed by atoms with E-state index in [1.807, 2.05) is 48.5 Å². The van der Waals surface area contributed by atoms with Crippen molar-refractivity contribution in [3.63, 3.8) is 0 Å². The number of amides is 1. The van der Waals surface area contributed by atoms with Crippen molar-refractivity contribution in [3.8, 4) is 17.0 Å². The van der Waals surface area contributed by atoms with Gasteiger partial charge in [-0.2, -0.15) is 0 Å². The molecular formula is C23H20N4O3. The third-order valence-corrected chi connectivity index (χ3v) is 5.47. The molecule has 2 aromatic carbocycles. The summed E-state index contributed by atoms with van der Waals surface area (Å²) in [6, 6.07) is 18.6. The number of nitrogens with zero attached hydrogens (tertiary/aromatic N) is 3. The lowest BCUT2D eigenvalue weighted by atomic mass is 10.1. The van der Waals surface area contributed by atoms with Gasteiger partial charge in [-0.25, -0.2) is 9.50 Å². The molecule has 1 N–H and O–H groups in total. The molecule has 0 saturated carbocycles. The van der Waals surface area contributed by atoms with Crippen molar-refractivity contribution in [2.24, 2.45) is 0 Å². The Morgan fingerprint density at radius 3 is 2.60 bits per heavy atom. The predicted octanol–water partition coefficient (Wildman–Crippen LogP) is 2.90. The van der Waals surface area contributed by atoms with E-state index >= 15 is 0 Å². The van der Waals surface area contributed by atoms with Crippen LogP contribution >= 0.6 is 0 Å². The van der Waals surface area contributed by atoms with Gasteiger partial charge in [0.25, 0.3) is 11.5 Å². The van der Waals surface area contributed by atoms with Crippen LogP contribution in [0.4, 0.5) is 0 Å². The van der Waals surface area contributed by atoms with Crippen LogP contribution in [-0.4, -0.2) is 39.1 Å². The minimum atomic E-state index is -0.166. The van der Waals surface area contributed by atoms with E-state index in [1.165, 1.54) is 4.52 Å². The Bertz CT molecular complexity index is 1290. The van der Waals surface area contributed by atoms with Crippen molar-refractivity contribution in [1.29, 1.82) is 0 Å². The van der Waals surface area contributed by atoms with Crippen molar-refractivity contribution >= 4 is 11.6 Å². The number of carbonyl (C=O) groups excluding carboxylic acids is 1. The van der Waals surface area contributed by atoms with Gasteiger partial charge in [-0.15, -0.1) is 0 Å². The maximum atomic E-state index is 13.2. The second kappa shape index (κ2) is 7.18. The van der Waals surface area contributed by atoms with Gasteiger partial charge in [0.2, 0.25) is 0 Å². The fourth-order valence-electron chi connectivity index (χ4n) is 3.84. The topological polar surface area (TPSA) is 79.7 Å². The molecule has 0 atom stereocenters. The monoisotopic (exact) mass is 400 g/mol. The van der Waals surface area contributed by atoms with Crippen LogP contribution in [0.25, 0.3) is 16.9 Å². The zero-order valence-electron chi connectivity index (χ0n) is 16.5. The summed E-state index contributed by atoms with van der Waals surface area (Å²) in [5.74, 6) is 0.694. The lowest BCUT2D eigenvalue weighted by Gasteiger charge is -2.27. The van der Waals surface area contributed by atoms with Crippen LogP contribution in [0.1, 0.15) is 21.6 Å². The molecule has 5 rings (SSSR count). The number of benzene rings is 2. The van der Waals surface area contributed by atoms with E-state index in [0.29, 0.717) is 29.7 Å². The van der Waals surface area contributed by atoms with Gasteiger partial charge in [0.1, 0.15) is 5.75 Å². The minimum Gasteiger partial charge on any atom is -0.497 e. The van der Waals surface area contributed by atoms with E-state index in [9.17, 15) is 9.59 Å². The number of nitrogens with one attached hydrogen (secondary N) is 1. The molecule has 0 unspecified atom stereocenters. The summed E-state index contributed by atoms with van der Waals surface area (Å²) in [7, 11) is 1.62. The Hall–Kier alpha value is -3.87. The molecule has 7 heteroatoms. The average Bonchev–Trinajstić information content (AvgIpc) is 3.23. The number of H-pyrrole nitrogens is 1. The molecule has 30 heavy (non-hydrogen) atoms. The Kier molecular flexibility index (Phi) is 4.35. The quantitative estimate of drug-likeness (QED) is 0.574. The molecule has 7 nitrogen and oxygen atoms in total. The lowest BCUT2D eigenvalue weighted by Crippen LogP contribution is -2.40. The summed E-state index contributed by atoms with van der Waals surface area (Å²) in [6.45, 7) is 0.799. The fourth-order valence-corrected chi connectivity index (χ4v) is 3.84. The number of ether oxygens (including phenoxy) is 1. The van der Waals surface area contributed by atoms with Crippen LogP contribution in [0.5, 0.6) is 5.75 Å². The van der Waals surface area contributed by atoms with Gasteiger partial charge in [-0.05, 0) is 42.0 Å². The van der Waals surface area contributed by atoms with Gasteiger partial charge < -0.3 is 9.64 Å². The third kappa shape index (κ3) is 3.04. The molecule has 3 heterocycles. The summed E-state index contributed by atoms with van der Waals surface area (Å²) in [4.78, 5) is 32.4. The number of aromatic amines is 1. The number of rotatable bonds is 3. The summed E-state index contributed by atoms with van der Waals surface area (Å²) >= 11 is 0. The first-order valence-electron chi connectivity index (χ1n) is 9.76. The Balaban J connectivity index is 1.50. The Labute approximate surface area is 172 Å². The predicted molar refractivity (Wildman–Crippen MR) is 113 cm³/mol. The largest absolute Gasteiger partial charge is 0.497 e. The van der Waals surface area contributed by atoms with E-state index in [1.54, 1.807) is 24.1 Å². The summed E-state index contributed by atoms with van der Waals surface area (Å²) in [5.41, 5.74) is 4.08. The van der Waals surface area contributed by atoms with Gasteiger partial charge in [0.05, 0.1) is 30.6 Å². The van der Waals surface area contributed by atoms with Crippen LogP contribution in [0.3, 0.4) is 0 Å². The van der Waals surface area contributed by atoms with Crippen LogP contribution in [0.2, 0.25) is 0 Å². The maximum absolute atomic E-state index is 13.2. The number of fused-ring (bicyclic) bond motifs is 2. The van der Waals surface area contributed by atoms with E-state index in [-0.39, 0.29) is 18.0 Å². The lowest BCUT2D eigenvalue weighted by molar-refractivity contribution is 0.0732. The highest BCUT2D eigenvalue weighted by atomic mass is 16.5. The molecule has 0 fully saturated rings. The van der Waals surface area contributed by atoms with Crippen molar-refractivity contribution in [3.05, 3.63) is 87.8 Å². The van der Waals surface area contributed by atoms with Crippen LogP contribution in [0, 0.1) is 0 Å². The van der Waals surface area contributed by atoms with Crippen molar-refractivity contribution < 1.29 is 9.53 Å². The number of carbonyl (C=O) groups is 1. The number of aromatic nitrogens is 3. The molecule has 0 spiro atoms. The number of methoxy groups -OCH3 is 1. The molecular weight excluding hydrogens is 380 g/mol. The van der Waals surface area contributed by atoms with Gasteiger partial charge in [-0.3, -0.25) is 14.7 Å². The van der Waals surface area contributed by atoms with Crippen molar-refractivity contribution in [2.45, 2.75) is 13.0 Å². The molecule has 0 saturated heterocycles. The van der Waals surface area contributed by atoms with Crippen LogP contribution in [0.15, 0.2) is 65.5 Å².